The highest BCUT2D eigenvalue weighted by Crippen LogP contribution is 2.52. The second kappa shape index (κ2) is 9.66. The maximum Gasteiger partial charge on any atom is 0.266 e. The molecule has 0 saturated carbocycles. The molecule has 0 N–H and O–H groups in total. The third-order valence-corrected chi connectivity index (χ3v) is 9.78. The molecule has 7 rings (SSSR count). The zero-order valence-electron chi connectivity index (χ0n) is 26.7. The Bertz CT molecular complexity index is 2050. The molecular formula is C39H34N2O5. The first-order valence-electron chi connectivity index (χ1n) is 15.4. The van der Waals surface area contributed by atoms with Gasteiger partial charge in [0.05, 0.1) is 27.9 Å². The normalized spacial score (nSPS) is 19.9. The van der Waals surface area contributed by atoms with Crippen LogP contribution in [0.25, 0.3) is 0 Å². The molecule has 2 aliphatic heterocycles. The maximum atomic E-state index is 13.6. The van der Waals surface area contributed by atoms with Gasteiger partial charge in [-0.1, -0.05) is 69.3 Å². The Morgan fingerprint density at radius 1 is 0.630 bits per heavy atom. The molecule has 4 aromatic rings. The molecule has 1 aliphatic carbocycles. The summed E-state index contributed by atoms with van der Waals surface area (Å²) in [6.45, 7) is 12.1. The van der Waals surface area contributed by atoms with Gasteiger partial charge in [-0.15, -0.1) is 0 Å². The van der Waals surface area contributed by atoms with Gasteiger partial charge in [-0.25, -0.2) is 4.90 Å². The smallest absolute Gasteiger partial charge is 0.266 e. The minimum atomic E-state index is -0.715. The number of nitrogens with zero attached hydrogens (tertiary/aromatic N) is 2. The molecule has 0 radical (unpaired) electrons. The van der Waals surface area contributed by atoms with E-state index in [0.717, 1.165) is 16.9 Å². The fourth-order valence-corrected chi connectivity index (χ4v) is 7.64. The molecule has 4 aromatic carbocycles. The zero-order chi connectivity index (χ0) is 32.9. The molecule has 3 aliphatic rings. The number of benzene rings is 4. The van der Waals surface area contributed by atoms with Crippen molar-refractivity contribution in [3.05, 3.63) is 135 Å². The van der Waals surface area contributed by atoms with Crippen molar-refractivity contribution in [2.75, 3.05) is 4.90 Å². The van der Waals surface area contributed by atoms with E-state index in [1.165, 1.54) is 52.4 Å². The molecule has 1 unspecified atom stereocenters. The molecule has 230 valence electrons. The number of hydrogen-bond acceptors (Lipinski definition) is 5. The van der Waals surface area contributed by atoms with Crippen molar-refractivity contribution in [3.8, 4) is 0 Å². The van der Waals surface area contributed by atoms with Crippen LogP contribution in [-0.2, 0) is 10.8 Å². The van der Waals surface area contributed by atoms with E-state index in [1.54, 1.807) is 20.8 Å². The van der Waals surface area contributed by atoms with Crippen molar-refractivity contribution in [2.45, 2.75) is 64.3 Å². The van der Waals surface area contributed by atoms with Crippen LogP contribution in [0.3, 0.4) is 0 Å². The Hall–Kier alpha value is -5.17. The summed E-state index contributed by atoms with van der Waals surface area (Å²) < 4.78 is 0. The number of ketones is 1. The van der Waals surface area contributed by atoms with E-state index >= 15 is 0 Å². The van der Waals surface area contributed by atoms with Crippen LogP contribution < -0.4 is 4.90 Å². The van der Waals surface area contributed by atoms with E-state index in [0.29, 0.717) is 5.69 Å². The fraction of sp³-hybridized carbons (Fsp3) is 0.256. The van der Waals surface area contributed by atoms with Crippen molar-refractivity contribution < 1.29 is 24.0 Å². The molecule has 0 bridgehead atoms. The lowest BCUT2D eigenvalue weighted by Gasteiger charge is -2.29. The quantitative estimate of drug-likeness (QED) is 0.182. The first-order chi connectivity index (χ1) is 21.6. The molecule has 4 amide bonds. The fourth-order valence-electron chi connectivity index (χ4n) is 7.64. The molecule has 0 aromatic heterocycles. The first-order valence-corrected chi connectivity index (χ1v) is 15.4. The number of imide groups is 2. The third-order valence-electron chi connectivity index (χ3n) is 9.78. The number of anilines is 1. The summed E-state index contributed by atoms with van der Waals surface area (Å²) in [6.07, 6.45) is 0.937. The van der Waals surface area contributed by atoms with Crippen LogP contribution >= 0.6 is 0 Å². The number of carbonyl (C=O) groups is 5. The van der Waals surface area contributed by atoms with Crippen LogP contribution in [0.15, 0.2) is 84.9 Å². The van der Waals surface area contributed by atoms with E-state index in [-0.39, 0.29) is 44.2 Å². The predicted octanol–water partition coefficient (Wildman–Crippen LogP) is 7.10. The molecule has 7 heteroatoms. The number of amides is 4. The monoisotopic (exact) mass is 610 g/mol. The minimum absolute atomic E-state index is 0.0151. The minimum Gasteiger partial charge on any atom is -0.289 e. The summed E-state index contributed by atoms with van der Waals surface area (Å²) in [7, 11) is 0. The van der Waals surface area contributed by atoms with Crippen molar-refractivity contribution in [1.82, 2.24) is 4.90 Å². The summed E-state index contributed by atoms with van der Waals surface area (Å²) >= 11 is 0. The zero-order valence-corrected chi connectivity index (χ0v) is 26.7. The third kappa shape index (κ3) is 4.14. The van der Waals surface area contributed by atoms with Gasteiger partial charge >= 0.3 is 0 Å². The van der Waals surface area contributed by atoms with Gasteiger partial charge in [-0.3, -0.25) is 28.9 Å². The highest BCUT2D eigenvalue weighted by atomic mass is 16.2. The van der Waals surface area contributed by atoms with Gasteiger partial charge in [0.25, 0.3) is 23.6 Å². The summed E-state index contributed by atoms with van der Waals surface area (Å²) in [4.78, 5) is 69.0. The largest absolute Gasteiger partial charge is 0.289 e. The average molecular weight is 611 g/mol. The highest BCUT2D eigenvalue weighted by Gasteiger charge is 2.46. The second-order valence-electron chi connectivity index (χ2n) is 14.4. The van der Waals surface area contributed by atoms with Crippen molar-refractivity contribution in [2.24, 2.45) is 0 Å². The van der Waals surface area contributed by atoms with Gasteiger partial charge in [0, 0.05) is 22.1 Å². The van der Waals surface area contributed by atoms with Crippen LogP contribution in [0.1, 0.15) is 122 Å². The van der Waals surface area contributed by atoms with Crippen LogP contribution in [0.4, 0.5) is 5.69 Å². The van der Waals surface area contributed by atoms with Crippen LogP contribution in [-0.4, -0.2) is 39.9 Å². The van der Waals surface area contributed by atoms with Gasteiger partial charge in [-0.05, 0) is 85.7 Å². The summed E-state index contributed by atoms with van der Waals surface area (Å²) in [6, 6.07) is 25.0. The van der Waals surface area contributed by atoms with Gasteiger partial charge < -0.3 is 0 Å². The lowest BCUT2D eigenvalue weighted by molar-refractivity contribution is 0.0507. The lowest BCUT2D eigenvalue weighted by atomic mass is 9.75. The van der Waals surface area contributed by atoms with Crippen molar-refractivity contribution in [1.29, 1.82) is 0 Å². The summed E-state index contributed by atoms with van der Waals surface area (Å²) in [5.41, 5.74) is 4.49. The Balaban J connectivity index is 1.16. The Labute approximate surface area is 267 Å². The van der Waals surface area contributed by atoms with Crippen molar-refractivity contribution >= 4 is 35.1 Å². The van der Waals surface area contributed by atoms with E-state index in [1.807, 2.05) is 24.3 Å². The Morgan fingerprint density at radius 2 is 1.13 bits per heavy atom. The van der Waals surface area contributed by atoms with Gasteiger partial charge in [0.15, 0.2) is 5.78 Å². The number of hydrogen-bond donors (Lipinski definition) is 0. The van der Waals surface area contributed by atoms with E-state index in [2.05, 4.69) is 45.0 Å². The van der Waals surface area contributed by atoms with Gasteiger partial charge in [0.1, 0.15) is 0 Å². The molecule has 0 fully saturated rings. The molecule has 46 heavy (non-hydrogen) atoms. The average Bonchev–Trinajstić information content (AvgIpc) is 3.52. The van der Waals surface area contributed by atoms with Gasteiger partial charge in [0.2, 0.25) is 0 Å². The SMILES string of the molecule is CC1(C)CC(C)(c2ccc(N3C(=O)c4ccc(C(=O)c5ccc6c(c5)C(=O)N(C(C)(C)C)C6=O)cc4C3=O)cc2)c2ccccc21. The van der Waals surface area contributed by atoms with E-state index in [4.69, 9.17) is 0 Å². The topological polar surface area (TPSA) is 91.8 Å². The van der Waals surface area contributed by atoms with E-state index in [9.17, 15) is 24.0 Å². The molecule has 0 saturated heterocycles. The molecule has 0 spiro atoms. The first kappa shape index (κ1) is 29.5. The molecule has 2 heterocycles. The van der Waals surface area contributed by atoms with Crippen LogP contribution in [0.2, 0.25) is 0 Å². The molecule has 7 nitrogen and oxygen atoms in total. The lowest BCUT2D eigenvalue weighted by Crippen LogP contribution is -2.45. The van der Waals surface area contributed by atoms with Crippen LogP contribution in [0, 0.1) is 0 Å². The number of fused-ring (bicyclic) bond motifs is 3. The molecular weight excluding hydrogens is 576 g/mol. The summed E-state index contributed by atoms with van der Waals surface area (Å²) in [5, 5.41) is 0. The standard InChI is InChI=1S/C39H34N2O5/c1-37(2,3)41-35(45)27-18-12-23(20-29(27)36(41)46)32(42)22-11-17-26-28(19-22)34(44)40(33(26)43)25-15-13-24(14-16-25)39(6)21-38(4,5)30-9-7-8-10-31(30)39/h7-20H,21H2,1-6H3. The Morgan fingerprint density at radius 3 is 1.72 bits per heavy atom. The Kier molecular flexibility index (Phi) is 6.21. The summed E-state index contributed by atoms with van der Waals surface area (Å²) in [5.74, 6) is -2.22. The van der Waals surface area contributed by atoms with Gasteiger partial charge in [-0.2, -0.15) is 0 Å². The number of carbonyl (C=O) groups excluding carboxylic acids is 5. The van der Waals surface area contributed by atoms with Crippen molar-refractivity contribution in [3.63, 3.8) is 0 Å². The maximum absolute atomic E-state index is 13.6. The molecule has 1 atom stereocenters. The highest BCUT2D eigenvalue weighted by molar-refractivity contribution is 6.35. The number of rotatable bonds is 4. The predicted molar refractivity (Wildman–Crippen MR) is 175 cm³/mol. The van der Waals surface area contributed by atoms with E-state index < -0.39 is 35.0 Å². The second-order valence-corrected chi connectivity index (χ2v) is 14.4. The van der Waals surface area contributed by atoms with Crippen LogP contribution in [0.5, 0.6) is 0 Å².